The Kier molecular flexibility index (Phi) is 5.76. The molecule has 160 valence electrons. The Morgan fingerprint density at radius 3 is 2.43 bits per heavy atom. The minimum atomic E-state index is -4.50. The van der Waals surface area contributed by atoms with Crippen molar-refractivity contribution in [3.8, 4) is 5.75 Å². The van der Waals surface area contributed by atoms with E-state index in [2.05, 4.69) is 5.32 Å². The number of rotatable bonds is 6. The maximum absolute atomic E-state index is 12.8. The highest BCUT2D eigenvalue weighted by atomic mass is 19.4. The fraction of sp³-hybridized carbons (Fsp3) is 0.333. The van der Waals surface area contributed by atoms with Gasteiger partial charge in [-0.3, -0.25) is 9.69 Å². The first kappa shape index (κ1) is 21.6. The number of carbonyl (C=O) groups is 2. The second kappa shape index (κ2) is 7.98. The van der Waals surface area contributed by atoms with Gasteiger partial charge in [-0.1, -0.05) is 24.3 Å². The molecular formula is C21H21F3N2O4. The van der Waals surface area contributed by atoms with Crippen LogP contribution in [0.2, 0.25) is 0 Å². The third kappa shape index (κ3) is 4.40. The zero-order valence-electron chi connectivity index (χ0n) is 16.4. The average molecular weight is 422 g/mol. The SMILES string of the molecule is Cc1cccc(OCC(O)CN2C(=O)NC(C)(c3ccc(C(F)(F)F)cc3)C2=O)c1. The molecule has 1 saturated heterocycles. The molecule has 0 saturated carbocycles. The number of halogens is 3. The molecule has 0 aliphatic carbocycles. The van der Waals surface area contributed by atoms with Crippen molar-refractivity contribution < 1.29 is 32.6 Å². The Morgan fingerprint density at radius 1 is 1.17 bits per heavy atom. The lowest BCUT2D eigenvalue weighted by molar-refractivity contribution is -0.137. The monoisotopic (exact) mass is 422 g/mol. The molecule has 3 rings (SSSR count). The smallest absolute Gasteiger partial charge is 0.416 e. The molecule has 1 aliphatic rings. The number of amides is 3. The molecule has 0 radical (unpaired) electrons. The van der Waals surface area contributed by atoms with Crippen LogP contribution in [0.5, 0.6) is 5.75 Å². The number of benzene rings is 2. The van der Waals surface area contributed by atoms with E-state index in [9.17, 15) is 27.9 Å². The number of alkyl halides is 3. The first-order valence-electron chi connectivity index (χ1n) is 9.20. The molecule has 0 aromatic heterocycles. The fourth-order valence-corrected chi connectivity index (χ4v) is 3.21. The van der Waals surface area contributed by atoms with Crippen LogP contribution >= 0.6 is 0 Å². The molecule has 1 aliphatic heterocycles. The molecule has 2 atom stereocenters. The van der Waals surface area contributed by atoms with Crippen molar-refractivity contribution in [2.75, 3.05) is 13.2 Å². The summed E-state index contributed by atoms with van der Waals surface area (Å²) in [6, 6.07) is 10.5. The zero-order valence-corrected chi connectivity index (χ0v) is 16.4. The van der Waals surface area contributed by atoms with Gasteiger partial charge in [0.15, 0.2) is 0 Å². The Morgan fingerprint density at radius 2 is 1.83 bits per heavy atom. The third-order valence-corrected chi connectivity index (χ3v) is 4.89. The van der Waals surface area contributed by atoms with Crippen molar-refractivity contribution in [3.63, 3.8) is 0 Å². The topological polar surface area (TPSA) is 78.9 Å². The van der Waals surface area contributed by atoms with Crippen molar-refractivity contribution in [3.05, 3.63) is 65.2 Å². The third-order valence-electron chi connectivity index (χ3n) is 4.89. The number of hydrogen-bond donors (Lipinski definition) is 2. The molecule has 9 heteroatoms. The summed E-state index contributed by atoms with van der Waals surface area (Å²) < 4.78 is 43.8. The van der Waals surface area contributed by atoms with Crippen molar-refractivity contribution in [2.24, 2.45) is 0 Å². The summed E-state index contributed by atoms with van der Waals surface area (Å²) in [6.45, 7) is 2.84. The number of aliphatic hydroxyl groups excluding tert-OH is 1. The number of nitrogens with zero attached hydrogens (tertiary/aromatic N) is 1. The van der Waals surface area contributed by atoms with Crippen LogP contribution in [-0.4, -0.2) is 41.2 Å². The number of β-amino-alcohol motifs (C(OH)–C–C–N with tert-alkyl or cyclic N) is 1. The van der Waals surface area contributed by atoms with Gasteiger partial charge in [-0.15, -0.1) is 0 Å². The van der Waals surface area contributed by atoms with Gasteiger partial charge in [-0.2, -0.15) is 13.2 Å². The summed E-state index contributed by atoms with van der Waals surface area (Å²) in [6.07, 6.45) is -5.65. The zero-order chi connectivity index (χ0) is 22.1. The van der Waals surface area contributed by atoms with E-state index >= 15 is 0 Å². The lowest BCUT2D eigenvalue weighted by Gasteiger charge is -2.23. The Hall–Kier alpha value is -3.07. The van der Waals surface area contributed by atoms with Crippen LogP contribution in [0.3, 0.4) is 0 Å². The molecule has 3 amide bonds. The minimum Gasteiger partial charge on any atom is -0.491 e. The normalized spacial score (nSPS) is 20.3. The second-order valence-corrected chi connectivity index (χ2v) is 7.33. The number of urea groups is 1. The maximum atomic E-state index is 12.8. The van der Waals surface area contributed by atoms with E-state index in [0.717, 1.165) is 34.7 Å². The largest absolute Gasteiger partial charge is 0.491 e. The summed E-state index contributed by atoms with van der Waals surface area (Å²) in [5, 5.41) is 12.7. The van der Waals surface area contributed by atoms with Gasteiger partial charge < -0.3 is 15.2 Å². The number of carbonyl (C=O) groups excluding carboxylic acids is 2. The molecule has 1 fully saturated rings. The molecule has 6 nitrogen and oxygen atoms in total. The Labute approximate surface area is 171 Å². The highest BCUT2D eigenvalue weighted by Gasteiger charge is 2.49. The van der Waals surface area contributed by atoms with E-state index < -0.39 is 35.3 Å². The Bertz CT molecular complexity index is 946. The lowest BCUT2D eigenvalue weighted by atomic mass is 9.91. The quantitative estimate of drug-likeness (QED) is 0.701. The van der Waals surface area contributed by atoms with E-state index in [1.54, 1.807) is 18.2 Å². The van der Waals surface area contributed by atoms with Crippen molar-refractivity contribution >= 4 is 11.9 Å². The predicted octanol–water partition coefficient (Wildman–Crippen LogP) is 3.22. The molecule has 2 aromatic rings. The number of aliphatic hydroxyl groups is 1. The minimum absolute atomic E-state index is 0.141. The van der Waals surface area contributed by atoms with Gasteiger partial charge in [0.2, 0.25) is 0 Å². The maximum Gasteiger partial charge on any atom is 0.416 e. The first-order chi connectivity index (χ1) is 14.0. The Balaban J connectivity index is 1.67. The van der Waals surface area contributed by atoms with Gasteiger partial charge in [0.05, 0.1) is 12.1 Å². The summed E-state index contributed by atoms with van der Waals surface area (Å²) in [7, 11) is 0. The van der Waals surface area contributed by atoms with Crippen LogP contribution in [-0.2, 0) is 16.5 Å². The highest BCUT2D eigenvalue weighted by molar-refractivity contribution is 6.07. The van der Waals surface area contributed by atoms with Gasteiger partial charge in [-0.25, -0.2) is 4.79 Å². The van der Waals surface area contributed by atoms with Crippen molar-refractivity contribution in [1.82, 2.24) is 10.2 Å². The molecule has 0 bridgehead atoms. The van der Waals surface area contributed by atoms with Crippen LogP contribution in [0, 0.1) is 6.92 Å². The van der Waals surface area contributed by atoms with E-state index in [0.29, 0.717) is 5.75 Å². The van der Waals surface area contributed by atoms with E-state index in [-0.39, 0.29) is 18.7 Å². The summed E-state index contributed by atoms with van der Waals surface area (Å²) in [5.41, 5.74) is -1.20. The first-order valence-corrected chi connectivity index (χ1v) is 9.20. The van der Waals surface area contributed by atoms with Gasteiger partial charge in [-0.05, 0) is 49.2 Å². The molecule has 2 N–H and O–H groups in total. The summed E-state index contributed by atoms with van der Waals surface area (Å²) in [4.78, 5) is 26.0. The van der Waals surface area contributed by atoms with Gasteiger partial charge in [0.1, 0.15) is 24.0 Å². The number of nitrogens with one attached hydrogen (secondary N) is 1. The fourth-order valence-electron chi connectivity index (χ4n) is 3.21. The van der Waals surface area contributed by atoms with E-state index in [1.165, 1.54) is 6.92 Å². The van der Waals surface area contributed by atoms with Crippen molar-refractivity contribution in [2.45, 2.75) is 31.7 Å². The number of hydrogen-bond acceptors (Lipinski definition) is 4. The van der Waals surface area contributed by atoms with E-state index in [1.807, 2.05) is 13.0 Å². The van der Waals surface area contributed by atoms with Gasteiger partial charge >= 0.3 is 12.2 Å². The molecule has 0 spiro atoms. The van der Waals surface area contributed by atoms with Crippen LogP contribution in [0.1, 0.15) is 23.6 Å². The molecule has 30 heavy (non-hydrogen) atoms. The van der Waals surface area contributed by atoms with Gasteiger partial charge in [0, 0.05) is 0 Å². The van der Waals surface area contributed by atoms with Crippen LogP contribution < -0.4 is 10.1 Å². The summed E-state index contributed by atoms with van der Waals surface area (Å²) >= 11 is 0. The van der Waals surface area contributed by atoms with Gasteiger partial charge in [0.25, 0.3) is 5.91 Å². The van der Waals surface area contributed by atoms with Crippen LogP contribution in [0.15, 0.2) is 48.5 Å². The average Bonchev–Trinajstić information content (AvgIpc) is 2.90. The predicted molar refractivity (Wildman–Crippen MR) is 102 cm³/mol. The summed E-state index contributed by atoms with van der Waals surface area (Å²) in [5.74, 6) is -0.122. The molecular weight excluding hydrogens is 401 g/mol. The lowest BCUT2D eigenvalue weighted by Crippen LogP contribution is -2.42. The molecule has 2 unspecified atom stereocenters. The second-order valence-electron chi connectivity index (χ2n) is 7.33. The van der Waals surface area contributed by atoms with E-state index in [4.69, 9.17) is 4.74 Å². The highest BCUT2D eigenvalue weighted by Crippen LogP contribution is 2.33. The van der Waals surface area contributed by atoms with Crippen LogP contribution in [0.25, 0.3) is 0 Å². The number of ether oxygens (including phenoxy) is 1. The molecule has 1 heterocycles. The number of aryl methyl sites for hydroxylation is 1. The number of imide groups is 1. The molecule has 2 aromatic carbocycles. The van der Waals surface area contributed by atoms with Crippen LogP contribution in [0.4, 0.5) is 18.0 Å². The van der Waals surface area contributed by atoms with Crippen molar-refractivity contribution in [1.29, 1.82) is 0 Å². The standard InChI is InChI=1S/C21H21F3N2O4/c1-13-4-3-5-17(10-13)30-12-16(27)11-26-18(28)20(2,25-19(26)29)14-6-8-15(9-7-14)21(22,23)24/h3-10,16,27H,11-12H2,1-2H3,(H,25,29).